The molecule has 1 aromatic rings. The Labute approximate surface area is 151 Å². The third kappa shape index (κ3) is 5.20. The monoisotopic (exact) mass is 352 g/mol. The predicted molar refractivity (Wildman–Crippen MR) is 99.5 cm³/mol. The fraction of sp³-hybridized carbons (Fsp3) is 0.632. The molecule has 24 heavy (non-hydrogen) atoms. The lowest BCUT2D eigenvalue weighted by Crippen LogP contribution is -2.48. The number of ether oxygens (including phenoxy) is 1. The van der Waals surface area contributed by atoms with Gasteiger partial charge in [-0.2, -0.15) is 0 Å². The van der Waals surface area contributed by atoms with Crippen molar-refractivity contribution in [3.8, 4) is 0 Å². The van der Waals surface area contributed by atoms with Crippen molar-refractivity contribution >= 4 is 24.0 Å². The Morgan fingerprint density at radius 2 is 2.04 bits per heavy atom. The van der Waals surface area contributed by atoms with Crippen molar-refractivity contribution in [1.29, 1.82) is 0 Å². The zero-order valence-corrected chi connectivity index (χ0v) is 15.2. The van der Waals surface area contributed by atoms with Crippen LogP contribution in [0.2, 0.25) is 0 Å². The van der Waals surface area contributed by atoms with Crippen molar-refractivity contribution in [3.63, 3.8) is 0 Å². The summed E-state index contributed by atoms with van der Waals surface area (Å²) in [5.41, 5.74) is 2.00. The van der Waals surface area contributed by atoms with E-state index in [1.54, 1.807) is 0 Å². The molecule has 134 valence electrons. The molecule has 1 saturated carbocycles. The molecule has 5 heteroatoms. The summed E-state index contributed by atoms with van der Waals surface area (Å²) in [6.07, 6.45) is 6.69. The van der Waals surface area contributed by atoms with Gasteiger partial charge >= 0.3 is 0 Å². The first-order valence-electron chi connectivity index (χ1n) is 8.94. The van der Waals surface area contributed by atoms with Crippen LogP contribution in [-0.4, -0.2) is 25.1 Å². The first kappa shape index (κ1) is 19.2. The van der Waals surface area contributed by atoms with E-state index in [9.17, 15) is 4.79 Å². The molecule has 4 nitrogen and oxygen atoms in total. The minimum Gasteiger partial charge on any atom is -0.374 e. The van der Waals surface area contributed by atoms with E-state index in [-0.39, 0.29) is 24.2 Å². The number of hydrogen-bond acceptors (Lipinski definition) is 3. The van der Waals surface area contributed by atoms with Gasteiger partial charge in [0.05, 0.1) is 12.7 Å². The van der Waals surface area contributed by atoms with Crippen molar-refractivity contribution in [1.82, 2.24) is 5.32 Å². The molecule has 1 aromatic carbocycles. The third-order valence-electron chi connectivity index (χ3n) is 5.17. The maximum absolute atomic E-state index is 12.3. The molecule has 0 spiro atoms. The second kappa shape index (κ2) is 9.40. The molecule has 0 aromatic heterocycles. The highest BCUT2D eigenvalue weighted by Crippen LogP contribution is 2.22. The van der Waals surface area contributed by atoms with Crippen molar-refractivity contribution in [3.05, 3.63) is 29.8 Å². The summed E-state index contributed by atoms with van der Waals surface area (Å²) in [4.78, 5) is 12.3. The highest BCUT2D eigenvalue weighted by Gasteiger charge is 2.28. The first-order valence-corrected chi connectivity index (χ1v) is 8.94. The van der Waals surface area contributed by atoms with Gasteiger partial charge < -0.3 is 15.4 Å². The summed E-state index contributed by atoms with van der Waals surface area (Å²) in [6.45, 7) is 4.54. The van der Waals surface area contributed by atoms with E-state index in [0.29, 0.717) is 18.6 Å². The fourth-order valence-electron chi connectivity index (χ4n) is 3.32. The largest absolute Gasteiger partial charge is 0.374 e. The van der Waals surface area contributed by atoms with Gasteiger partial charge in [0.2, 0.25) is 5.91 Å². The van der Waals surface area contributed by atoms with Gasteiger partial charge in [-0.3, -0.25) is 4.79 Å². The number of carbonyl (C=O) groups excluding carboxylic acids is 1. The van der Waals surface area contributed by atoms with Crippen LogP contribution in [0.5, 0.6) is 0 Å². The number of anilines is 1. The Morgan fingerprint density at radius 1 is 1.29 bits per heavy atom. The van der Waals surface area contributed by atoms with E-state index in [1.165, 1.54) is 32.1 Å². The summed E-state index contributed by atoms with van der Waals surface area (Å²) < 4.78 is 6.02. The van der Waals surface area contributed by atoms with Crippen LogP contribution in [0.3, 0.4) is 0 Å². The second-order valence-electron chi connectivity index (χ2n) is 6.97. The number of carbonyl (C=O) groups is 1. The van der Waals surface area contributed by atoms with E-state index in [1.807, 2.05) is 25.1 Å². The van der Waals surface area contributed by atoms with Gasteiger partial charge in [-0.15, -0.1) is 12.4 Å². The van der Waals surface area contributed by atoms with Crippen LogP contribution in [-0.2, 0) is 16.1 Å². The highest BCUT2D eigenvalue weighted by molar-refractivity contribution is 5.92. The van der Waals surface area contributed by atoms with E-state index in [2.05, 4.69) is 16.7 Å². The Bertz CT molecular complexity index is 528. The normalized spacial score (nSPS) is 19.9. The van der Waals surface area contributed by atoms with Crippen LogP contribution >= 0.6 is 12.4 Å². The molecule has 2 N–H and O–H groups in total. The Morgan fingerprint density at radius 3 is 2.71 bits per heavy atom. The Hall–Kier alpha value is -1.10. The number of amides is 1. The molecule has 1 amide bonds. The summed E-state index contributed by atoms with van der Waals surface area (Å²) in [5.74, 6) is 0.632. The summed E-state index contributed by atoms with van der Waals surface area (Å²) in [5, 5.41) is 6.27. The number of halogens is 1. The fourth-order valence-corrected chi connectivity index (χ4v) is 3.32. The van der Waals surface area contributed by atoms with E-state index < -0.39 is 0 Å². The van der Waals surface area contributed by atoms with Gasteiger partial charge in [0.15, 0.2) is 0 Å². The van der Waals surface area contributed by atoms with E-state index in [0.717, 1.165) is 24.3 Å². The summed E-state index contributed by atoms with van der Waals surface area (Å²) in [7, 11) is 0. The van der Waals surface area contributed by atoms with E-state index >= 15 is 0 Å². The topological polar surface area (TPSA) is 50.4 Å². The maximum atomic E-state index is 12.3. The standard InChI is InChI=1S/C19H28N2O2.ClH/c1-14(16-11-20-12-16)19(22)21-17-7-5-6-15(10-17)13-23-18-8-3-2-4-9-18;/h5-7,10,14,16,18,20H,2-4,8-9,11-13H2,1H3,(H,21,22);1H. The zero-order chi connectivity index (χ0) is 16.1. The van der Waals surface area contributed by atoms with Crippen molar-refractivity contribution in [2.24, 2.45) is 11.8 Å². The molecular weight excluding hydrogens is 324 g/mol. The van der Waals surface area contributed by atoms with Crippen LogP contribution in [0.25, 0.3) is 0 Å². The van der Waals surface area contributed by atoms with Crippen LogP contribution in [0.1, 0.15) is 44.6 Å². The van der Waals surface area contributed by atoms with Gasteiger partial charge in [-0.1, -0.05) is 38.3 Å². The molecule has 1 saturated heterocycles. The van der Waals surface area contributed by atoms with Gasteiger partial charge in [0.25, 0.3) is 0 Å². The molecule has 0 radical (unpaired) electrons. The second-order valence-corrected chi connectivity index (χ2v) is 6.97. The van der Waals surface area contributed by atoms with Gasteiger partial charge in [0, 0.05) is 11.6 Å². The van der Waals surface area contributed by atoms with Crippen LogP contribution < -0.4 is 10.6 Å². The van der Waals surface area contributed by atoms with Crippen molar-refractivity contribution < 1.29 is 9.53 Å². The molecule has 3 rings (SSSR count). The minimum absolute atomic E-state index is 0. The molecule has 2 fully saturated rings. The lowest BCUT2D eigenvalue weighted by Gasteiger charge is -2.31. The van der Waals surface area contributed by atoms with Crippen molar-refractivity contribution in [2.75, 3.05) is 18.4 Å². The smallest absolute Gasteiger partial charge is 0.227 e. The molecule has 1 heterocycles. The number of nitrogens with one attached hydrogen (secondary N) is 2. The zero-order valence-electron chi connectivity index (χ0n) is 14.4. The molecule has 0 bridgehead atoms. The predicted octanol–water partition coefficient (Wildman–Crippen LogP) is 3.75. The number of rotatable bonds is 6. The lowest BCUT2D eigenvalue weighted by molar-refractivity contribution is -0.121. The van der Waals surface area contributed by atoms with Crippen molar-refractivity contribution in [2.45, 2.75) is 51.7 Å². The maximum Gasteiger partial charge on any atom is 0.227 e. The Kier molecular flexibility index (Phi) is 7.53. The molecule has 1 unspecified atom stereocenters. The van der Waals surface area contributed by atoms with Gasteiger partial charge in [-0.05, 0) is 49.5 Å². The average molecular weight is 353 g/mol. The number of hydrogen-bond donors (Lipinski definition) is 2. The van der Waals surface area contributed by atoms with Gasteiger partial charge in [-0.25, -0.2) is 0 Å². The van der Waals surface area contributed by atoms with Crippen LogP contribution in [0.15, 0.2) is 24.3 Å². The molecule has 1 aliphatic heterocycles. The van der Waals surface area contributed by atoms with Gasteiger partial charge in [0.1, 0.15) is 0 Å². The molecule has 1 aliphatic carbocycles. The van der Waals surface area contributed by atoms with Crippen LogP contribution in [0, 0.1) is 11.8 Å². The molecule has 2 aliphatic rings. The van der Waals surface area contributed by atoms with Crippen LogP contribution in [0.4, 0.5) is 5.69 Å². The Balaban J connectivity index is 0.00000208. The third-order valence-corrected chi connectivity index (χ3v) is 5.17. The molecule has 1 atom stereocenters. The minimum atomic E-state index is 0. The number of benzene rings is 1. The SMILES string of the molecule is CC(C(=O)Nc1cccc(COC2CCCCC2)c1)C1CNC1.Cl. The quantitative estimate of drug-likeness (QED) is 0.819. The summed E-state index contributed by atoms with van der Waals surface area (Å²) >= 11 is 0. The molecular formula is C19H29ClN2O2. The first-order chi connectivity index (χ1) is 11.2. The highest BCUT2D eigenvalue weighted by atomic mass is 35.5. The lowest BCUT2D eigenvalue weighted by atomic mass is 9.88. The van der Waals surface area contributed by atoms with E-state index in [4.69, 9.17) is 4.74 Å². The summed E-state index contributed by atoms with van der Waals surface area (Å²) in [6, 6.07) is 8.04. The average Bonchev–Trinajstić information content (AvgIpc) is 2.52.